The standard InChI is InChI=1S/C12H15NO3/c1-3-16-12(15)7-6-11-5-4-10(8-13-11)9(2)14/h4-5,8H,3,6-7H2,1-2H3. The Kier molecular flexibility index (Phi) is 4.64. The molecule has 1 rings (SSSR count). The summed E-state index contributed by atoms with van der Waals surface area (Å²) in [6, 6.07) is 3.48. The van der Waals surface area contributed by atoms with Gasteiger partial charge >= 0.3 is 5.97 Å². The number of carbonyl (C=O) groups is 2. The van der Waals surface area contributed by atoms with Crippen LogP contribution in [0.1, 0.15) is 36.3 Å². The molecule has 86 valence electrons. The number of aromatic nitrogens is 1. The maximum atomic E-state index is 11.1. The van der Waals surface area contributed by atoms with Gasteiger partial charge in [-0.2, -0.15) is 0 Å². The lowest BCUT2D eigenvalue weighted by molar-refractivity contribution is -0.143. The first-order chi connectivity index (χ1) is 7.63. The van der Waals surface area contributed by atoms with E-state index in [1.165, 1.54) is 13.1 Å². The average molecular weight is 221 g/mol. The lowest BCUT2D eigenvalue weighted by Crippen LogP contribution is -2.06. The van der Waals surface area contributed by atoms with Crippen molar-refractivity contribution in [3.63, 3.8) is 0 Å². The van der Waals surface area contributed by atoms with E-state index in [2.05, 4.69) is 4.98 Å². The Morgan fingerprint density at radius 3 is 2.62 bits per heavy atom. The Balaban J connectivity index is 2.49. The number of esters is 1. The molecular formula is C12H15NO3. The fraction of sp³-hybridized carbons (Fsp3) is 0.417. The molecule has 0 aliphatic heterocycles. The van der Waals surface area contributed by atoms with Gasteiger partial charge in [0, 0.05) is 23.9 Å². The highest BCUT2D eigenvalue weighted by molar-refractivity contribution is 5.93. The third-order valence-corrected chi connectivity index (χ3v) is 2.12. The van der Waals surface area contributed by atoms with Crippen LogP contribution in [0.5, 0.6) is 0 Å². The Labute approximate surface area is 94.6 Å². The minimum absolute atomic E-state index is 0.00978. The molecule has 1 aromatic heterocycles. The van der Waals surface area contributed by atoms with Crippen LogP contribution in [0.15, 0.2) is 18.3 Å². The number of Topliss-reactive ketones (excluding diaryl/α,β-unsaturated/α-hetero) is 1. The van der Waals surface area contributed by atoms with Gasteiger partial charge in [0.05, 0.1) is 13.0 Å². The summed E-state index contributed by atoms with van der Waals surface area (Å²) in [6.45, 7) is 3.67. The second kappa shape index (κ2) is 6.00. The second-order valence-corrected chi connectivity index (χ2v) is 3.40. The number of ketones is 1. The van der Waals surface area contributed by atoms with Crippen LogP contribution >= 0.6 is 0 Å². The molecule has 0 saturated carbocycles. The summed E-state index contributed by atoms with van der Waals surface area (Å²) in [5.41, 5.74) is 1.37. The van der Waals surface area contributed by atoms with Crippen molar-refractivity contribution in [1.82, 2.24) is 4.98 Å². The Bertz CT molecular complexity index is 370. The Hall–Kier alpha value is -1.71. The maximum absolute atomic E-state index is 11.1. The van der Waals surface area contributed by atoms with E-state index in [0.29, 0.717) is 25.0 Å². The number of ether oxygens (including phenoxy) is 1. The molecule has 0 spiro atoms. The molecule has 1 heterocycles. The summed E-state index contributed by atoms with van der Waals surface area (Å²) >= 11 is 0. The zero-order valence-electron chi connectivity index (χ0n) is 9.53. The number of carbonyl (C=O) groups excluding carboxylic acids is 2. The smallest absolute Gasteiger partial charge is 0.306 e. The normalized spacial score (nSPS) is 9.88. The number of rotatable bonds is 5. The minimum Gasteiger partial charge on any atom is -0.466 e. The fourth-order valence-electron chi connectivity index (χ4n) is 1.24. The highest BCUT2D eigenvalue weighted by Gasteiger charge is 2.04. The SMILES string of the molecule is CCOC(=O)CCc1ccc(C(C)=O)cn1. The molecule has 0 aliphatic rings. The van der Waals surface area contributed by atoms with E-state index in [1.54, 1.807) is 19.1 Å². The van der Waals surface area contributed by atoms with Crippen LogP contribution in [-0.4, -0.2) is 23.3 Å². The van der Waals surface area contributed by atoms with Gasteiger partial charge < -0.3 is 4.74 Å². The predicted molar refractivity (Wildman–Crippen MR) is 59.2 cm³/mol. The van der Waals surface area contributed by atoms with Crippen molar-refractivity contribution >= 4 is 11.8 Å². The van der Waals surface area contributed by atoms with Gasteiger partial charge in [-0.3, -0.25) is 14.6 Å². The van der Waals surface area contributed by atoms with Crippen molar-refractivity contribution in [2.45, 2.75) is 26.7 Å². The van der Waals surface area contributed by atoms with Gasteiger partial charge in [0.2, 0.25) is 0 Å². The molecule has 0 atom stereocenters. The third-order valence-electron chi connectivity index (χ3n) is 2.12. The predicted octanol–water partition coefficient (Wildman–Crippen LogP) is 1.78. The molecule has 0 saturated heterocycles. The third kappa shape index (κ3) is 3.81. The van der Waals surface area contributed by atoms with E-state index in [-0.39, 0.29) is 11.8 Å². The second-order valence-electron chi connectivity index (χ2n) is 3.40. The summed E-state index contributed by atoms with van der Waals surface area (Å²) in [4.78, 5) is 26.2. The van der Waals surface area contributed by atoms with E-state index in [1.807, 2.05) is 0 Å². The number of nitrogens with zero attached hydrogens (tertiary/aromatic N) is 1. The van der Waals surface area contributed by atoms with Crippen molar-refractivity contribution in [2.75, 3.05) is 6.61 Å². The van der Waals surface area contributed by atoms with E-state index in [9.17, 15) is 9.59 Å². The van der Waals surface area contributed by atoms with Crippen LogP contribution in [0.4, 0.5) is 0 Å². The summed E-state index contributed by atoms with van der Waals surface area (Å²) in [6.07, 6.45) is 2.39. The molecule has 0 amide bonds. The molecule has 0 fully saturated rings. The monoisotopic (exact) mass is 221 g/mol. The first-order valence-electron chi connectivity index (χ1n) is 5.25. The van der Waals surface area contributed by atoms with Crippen molar-refractivity contribution in [3.05, 3.63) is 29.6 Å². The zero-order valence-corrected chi connectivity index (χ0v) is 9.53. The molecule has 0 aromatic carbocycles. The number of hydrogen-bond acceptors (Lipinski definition) is 4. The largest absolute Gasteiger partial charge is 0.466 e. The molecule has 16 heavy (non-hydrogen) atoms. The lowest BCUT2D eigenvalue weighted by atomic mass is 10.1. The number of aryl methyl sites for hydroxylation is 1. The number of hydrogen-bond donors (Lipinski definition) is 0. The van der Waals surface area contributed by atoms with Gasteiger partial charge in [0.15, 0.2) is 5.78 Å². The van der Waals surface area contributed by atoms with Crippen LogP contribution < -0.4 is 0 Å². The molecule has 1 aromatic rings. The number of pyridine rings is 1. The molecule has 4 nitrogen and oxygen atoms in total. The van der Waals surface area contributed by atoms with Crippen LogP contribution in [0.3, 0.4) is 0 Å². The zero-order chi connectivity index (χ0) is 12.0. The van der Waals surface area contributed by atoms with Crippen LogP contribution in [0.25, 0.3) is 0 Å². The van der Waals surface area contributed by atoms with Gasteiger partial charge in [-0.25, -0.2) is 0 Å². The van der Waals surface area contributed by atoms with Gasteiger partial charge in [0.1, 0.15) is 0 Å². The quantitative estimate of drug-likeness (QED) is 0.561. The van der Waals surface area contributed by atoms with E-state index in [4.69, 9.17) is 4.74 Å². The molecule has 0 N–H and O–H groups in total. The van der Waals surface area contributed by atoms with Crippen molar-refractivity contribution < 1.29 is 14.3 Å². The highest BCUT2D eigenvalue weighted by Crippen LogP contribution is 2.04. The molecule has 4 heteroatoms. The Morgan fingerprint density at radius 1 is 1.38 bits per heavy atom. The van der Waals surface area contributed by atoms with Crippen LogP contribution in [0, 0.1) is 0 Å². The highest BCUT2D eigenvalue weighted by atomic mass is 16.5. The van der Waals surface area contributed by atoms with E-state index >= 15 is 0 Å². The van der Waals surface area contributed by atoms with E-state index < -0.39 is 0 Å². The molecule has 0 aliphatic carbocycles. The summed E-state index contributed by atoms with van der Waals surface area (Å²) in [5, 5.41) is 0. The van der Waals surface area contributed by atoms with Crippen molar-refractivity contribution in [2.24, 2.45) is 0 Å². The van der Waals surface area contributed by atoms with Gasteiger partial charge in [-0.15, -0.1) is 0 Å². The van der Waals surface area contributed by atoms with Crippen LogP contribution in [-0.2, 0) is 16.0 Å². The molecular weight excluding hydrogens is 206 g/mol. The molecule has 0 radical (unpaired) electrons. The Morgan fingerprint density at radius 2 is 2.12 bits per heavy atom. The van der Waals surface area contributed by atoms with Crippen LogP contribution in [0.2, 0.25) is 0 Å². The average Bonchev–Trinajstić information content (AvgIpc) is 2.27. The topological polar surface area (TPSA) is 56.3 Å². The molecule has 0 unspecified atom stereocenters. The summed E-state index contributed by atoms with van der Waals surface area (Å²) in [5.74, 6) is -0.232. The maximum Gasteiger partial charge on any atom is 0.306 e. The fourth-order valence-corrected chi connectivity index (χ4v) is 1.24. The minimum atomic E-state index is -0.222. The van der Waals surface area contributed by atoms with Gasteiger partial charge in [-0.05, 0) is 26.0 Å². The van der Waals surface area contributed by atoms with Gasteiger partial charge in [0.25, 0.3) is 0 Å². The van der Waals surface area contributed by atoms with Gasteiger partial charge in [-0.1, -0.05) is 0 Å². The van der Waals surface area contributed by atoms with Crippen molar-refractivity contribution in [3.8, 4) is 0 Å². The van der Waals surface area contributed by atoms with Crippen molar-refractivity contribution in [1.29, 1.82) is 0 Å². The first kappa shape index (κ1) is 12.4. The summed E-state index contributed by atoms with van der Waals surface area (Å²) in [7, 11) is 0. The van der Waals surface area contributed by atoms with E-state index in [0.717, 1.165) is 5.69 Å². The molecule has 0 bridgehead atoms. The first-order valence-corrected chi connectivity index (χ1v) is 5.25. The lowest BCUT2D eigenvalue weighted by Gasteiger charge is -2.02. The summed E-state index contributed by atoms with van der Waals surface area (Å²) < 4.78 is 4.80.